The highest BCUT2D eigenvalue weighted by molar-refractivity contribution is 7.22. The van der Waals surface area contributed by atoms with Gasteiger partial charge in [0.2, 0.25) is 12.0 Å². The molecule has 3 fully saturated rings. The van der Waals surface area contributed by atoms with E-state index < -0.39 is 24.0 Å². The number of piperazine rings is 1. The van der Waals surface area contributed by atoms with E-state index in [0.29, 0.717) is 140 Å². The Morgan fingerprint density at radius 2 is 1.68 bits per heavy atom. The second kappa shape index (κ2) is 23.9. The standard InChI is InChI=1S/C55H61Cl2FN6O10S/c1-33-44-34(2)48(57)49(47(33)56)73-40(26-64-18-16-63(3)17-19-64)30-71-39-10-11-42(72-27-38-12-15-59-54(62-38)55(13-4-5-14-55)31-69-21-20-67-28-41-29-68-22-23-70-41)36(24-39)25-43(53(65)66)74-51-46-45(44)50(75-52(46)61-32-60-51)35-6-8-37(58)9-7-35/h6-12,15,24,32,40-41,43H,4-5,13-14,16-23,25-31H2,1-3H3,(H,65,66)/t40-,41+,43-/m1/s1. The number of fused-ring (bicyclic) bond motifs is 7. The van der Waals surface area contributed by atoms with Gasteiger partial charge >= 0.3 is 5.97 Å². The van der Waals surface area contributed by atoms with E-state index in [0.717, 1.165) is 51.9 Å². The van der Waals surface area contributed by atoms with Crippen LogP contribution in [0.4, 0.5) is 4.39 Å². The van der Waals surface area contributed by atoms with E-state index in [1.165, 1.54) is 29.8 Å². The first-order valence-corrected chi connectivity index (χ1v) is 27.0. The topological polar surface area (TPSA) is 169 Å². The number of aliphatic carboxylic acids is 1. The predicted molar refractivity (Wildman–Crippen MR) is 282 cm³/mol. The third-order valence-electron chi connectivity index (χ3n) is 14.4. The highest BCUT2D eigenvalue weighted by Crippen LogP contribution is 2.53. The Kier molecular flexibility index (Phi) is 17.0. The fourth-order valence-electron chi connectivity index (χ4n) is 10.3. The second-order valence-corrected chi connectivity index (χ2v) is 21.4. The lowest BCUT2D eigenvalue weighted by Gasteiger charge is -2.35. The maximum Gasteiger partial charge on any atom is 0.345 e. The number of ether oxygens (including phenoxy) is 8. The molecule has 0 radical (unpaired) electrons. The molecule has 7 heterocycles. The summed E-state index contributed by atoms with van der Waals surface area (Å²) in [6.45, 7) is 11.4. The monoisotopic (exact) mass is 1090 g/mol. The maximum atomic E-state index is 14.4. The van der Waals surface area contributed by atoms with Crippen molar-refractivity contribution in [2.75, 3.05) is 92.6 Å². The van der Waals surface area contributed by atoms with Gasteiger partial charge in [0, 0.05) is 61.3 Å². The molecular weight excluding hydrogens is 1030 g/mol. The first-order valence-electron chi connectivity index (χ1n) is 25.5. The number of aromatic nitrogens is 4. The van der Waals surface area contributed by atoms with Gasteiger partial charge in [0.05, 0.1) is 72.8 Å². The number of thiophene rings is 1. The summed E-state index contributed by atoms with van der Waals surface area (Å²) in [7, 11) is 2.11. The molecule has 0 spiro atoms. The Balaban J connectivity index is 0.978. The van der Waals surface area contributed by atoms with Crippen molar-refractivity contribution in [1.82, 2.24) is 29.7 Å². The Hall–Kier alpha value is -5.28. The lowest BCUT2D eigenvalue weighted by molar-refractivity contribution is -0.145. The van der Waals surface area contributed by atoms with Gasteiger partial charge in [-0.25, -0.2) is 29.1 Å². The van der Waals surface area contributed by atoms with Crippen molar-refractivity contribution >= 4 is 50.7 Å². The highest BCUT2D eigenvalue weighted by atomic mass is 35.5. The van der Waals surface area contributed by atoms with Gasteiger partial charge in [0.1, 0.15) is 59.7 Å². The van der Waals surface area contributed by atoms with E-state index in [1.807, 2.05) is 19.9 Å². The molecule has 1 N–H and O–H groups in total. The fourth-order valence-corrected chi connectivity index (χ4v) is 12.0. The summed E-state index contributed by atoms with van der Waals surface area (Å²) >= 11 is 16.1. The van der Waals surface area contributed by atoms with E-state index in [4.69, 9.17) is 71.1 Å². The summed E-state index contributed by atoms with van der Waals surface area (Å²) in [5.41, 5.74) is 4.07. The van der Waals surface area contributed by atoms with Crippen molar-refractivity contribution in [3.05, 3.63) is 105 Å². The summed E-state index contributed by atoms with van der Waals surface area (Å²) in [5, 5.41) is 12.0. The number of hydrogen-bond donors (Lipinski definition) is 1. The second-order valence-electron chi connectivity index (χ2n) is 19.7. The molecule has 0 unspecified atom stereocenters. The minimum absolute atomic E-state index is 0.0276. The quantitative estimate of drug-likeness (QED) is 0.0965. The number of carboxylic acids is 1. The van der Waals surface area contributed by atoms with Crippen molar-refractivity contribution in [1.29, 1.82) is 0 Å². The minimum Gasteiger partial charge on any atom is -0.490 e. The number of hydrogen-bond acceptors (Lipinski definition) is 16. The molecule has 75 heavy (non-hydrogen) atoms. The molecule has 20 heteroatoms. The van der Waals surface area contributed by atoms with Crippen LogP contribution in [-0.2, 0) is 42.2 Å². The highest BCUT2D eigenvalue weighted by Gasteiger charge is 2.39. The van der Waals surface area contributed by atoms with Crippen LogP contribution in [-0.4, -0.2) is 152 Å². The van der Waals surface area contributed by atoms with Gasteiger partial charge in [-0.15, -0.1) is 11.3 Å². The zero-order chi connectivity index (χ0) is 52.1. The van der Waals surface area contributed by atoms with Gasteiger partial charge < -0.3 is 47.9 Å². The van der Waals surface area contributed by atoms with Crippen LogP contribution in [0.2, 0.25) is 10.0 Å². The molecule has 1 aliphatic carbocycles. The zero-order valence-electron chi connectivity index (χ0n) is 42.3. The van der Waals surface area contributed by atoms with Gasteiger partial charge in [0.15, 0.2) is 5.75 Å². The van der Waals surface area contributed by atoms with Gasteiger partial charge in [-0.3, -0.25) is 4.90 Å². The predicted octanol–water partition coefficient (Wildman–Crippen LogP) is 9.18. The number of carboxylic acid groups (broad SMARTS) is 1. The van der Waals surface area contributed by atoms with E-state index >= 15 is 0 Å². The fraction of sp³-hybridized carbons (Fsp3) is 0.473. The Morgan fingerprint density at radius 3 is 2.43 bits per heavy atom. The molecule has 0 amide bonds. The van der Waals surface area contributed by atoms with E-state index in [9.17, 15) is 14.3 Å². The summed E-state index contributed by atoms with van der Waals surface area (Å²) in [4.78, 5) is 38.3. The average molecular weight is 1090 g/mol. The lowest BCUT2D eigenvalue weighted by atomic mass is 9.86. The van der Waals surface area contributed by atoms with Crippen LogP contribution in [0, 0.1) is 19.7 Å². The Bertz CT molecular complexity index is 2940. The molecule has 3 atom stereocenters. The molecular formula is C55H61Cl2FN6O10S. The maximum absolute atomic E-state index is 14.4. The smallest absolute Gasteiger partial charge is 0.345 e. The minimum atomic E-state index is -1.48. The zero-order valence-corrected chi connectivity index (χ0v) is 44.6. The van der Waals surface area contributed by atoms with Crippen molar-refractivity contribution in [3.8, 4) is 44.7 Å². The molecule has 11 rings (SSSR count). The van der Waals surface area contributed by atoms with Crippen molar-refractivity contribution < 1.29 is 52.2 Å². The molecule has 2 saturated heterocycles. The molecule has 4 bridgehead atoms. The molecule has 398 valence electrons. The number of carbonyl (C=O) groups is 1. The van der Waals surface area contributed by atoms with E-state index in [1.54, 1.807) is 36.5 Å². The number of benzene rings is 3. The Morgan fingerprint density at radius 1 is 0.907 bits per heavy atom. The van der Waals surface area contributed by atoms with Crippen LogP contribution in [0.5, 0.6) is 23.1 Å². The number of halogens is 3. The molecule has 5 aliphatic rings. The number of rotatable bonds is 15. The normalized spacial score (nSPS) is 20.3. The molecule has 3 aromatic carbocycles. The first kappa shape index (κ1) is 53.1. The van der Waals surface area contributed by atoms with Crippen molar-refractivity contribution in [3.63, 3.8) is 0 Å². The van der Waals surface area contributed by atoms with Crippen LogP contribution in [0.15, 0.2) is 61.1 Å². The largest absolute Gasteiger partial charge is 0.490 e. The SMILES string of the molecule is Cc1c(Cl)c2c(Cl)c(C)c1-c1c(-c3ccc(F)cc3)sc3ncnc(c13)O[C@@H](C(=O)O)Cc1cc(ccc1OCc1ccnc(C3(COCCOC[C@H]4COCCO4)CCCC3)n1)OC[C@@H](CN1CCN(C)CC1)O2. The van der Waals surface area contributed by atoms with Crippen molar-refractivity contribution in [2.45, 2.75) is 76.3 Å². The molecule has 4 aliphatic heterocycles. The summed E-state index contributed by atoms with van der Waals surface area (Å²) in [6, 6.07) is 13.3. The molecule has 16 nitrogen and oxygen atoms in total. The number of nitrogens with zero attached hydrogens (tertiary/aromatic N) is 6. The Labute approximate surface area is 449 Å². The summed E-state index contributed by atoms with van der Waals surface area (Å²) < 4.78 is 64.2. The van der Waals surface area contributed by atoms with E-state index in [-0.39, 0.29) is 37.0 Å². The molecule has 1 saturated carbocycles. The van der Waals surface area contributed by atoms with Crippen LogP contribution in [0.3, 0.4) is 0 Å². The van der Waals surface area contributed by atoms with Crippen LogP contribution in [0.25, 0.3) is 31.8 Å². The van der Waals surface area contributed by atoms with Crippen LogP contribution >= 0.6 is 34.5 Å². The van der Waals surface area contributed by atoms with Gasteiger partial charge in [0.25, 0.3) is 0 Å². The van der Waals surface area contributed by atoms with E-state index in [2.05, 4.69) is 26.8 Å². The first-order chi connectivity index (χ1) is 36.4. The molecule has 3 aromatic heterocycles. The van der Waals surface area contributed by atoms with Crippen molar-refractivity contribution in [2.24, 2.45) is 0 Å². The van der Waals surface area contributed by atoms with Crippen LogP contribution in [0.1, 0.15) is 53.9 Å². The third kappa shape index (κ3) is 12.1. The summed E-state index contributed by atoms with van der Waals surface area (Å²) in [5.74, 6) is 0.279. The van der Waals surface area contributed by atoms with Gasteiger partial charge in [-0.1, -0.05) is 48.2 Å². The molecule has 6 aromatic rings. The third-order valence-corrected chi connectivity index (χ3v) is 16.5. The average Bonchev–Trinajstić information content (AvgIpc) is 4.08. The number of likely N-dealkylation sites (N-methyl/N-ethyl adjacent to an activating group) is 1. The summed E-state index contributed by atoms with van der Waals surface area (Å²) in [6.07, 6.45) is 4.70. The van der Waals surface area contributed by atoms with Gasteiger partial charge in [-0.2, -0.15) is 0 Å². The van der Waals surface area contributed by atoms with Gasteiger partial charge in [-0.05, 0) is 92.4 Å². The lowest BCUT2D eigenvalue weighted by Crippen LogP contribution is -2.49. The van der Waals surface area contributed by atoms with Crippen LogP contribution < -0.4 is 18.9 Å².